The first-order chi connectivity index (χ1) is 26.4. The summed E-state index contributed by atoms with van der Waals surface area (Å²) in [6, 6.07) is 23.2. The second kappa shape index (κ2) is 17.4. The number of halogens is 2. The Morgan fingerprint density at radius 1 is 0.982 bits per heavy atom. The molecule has 0 bridgehead atoms. The summed E-state index contributed by atoms with van der Waals surface area (Å²) in [5, 5.41) is 31.7. The lowest BCUT2D eigenvalue weighted by molar-refractivity contribution is -0.139. The SMILES string of the molecule is Cc1c(COc2cc(OCc3cncc(C#N)c3)c(CNC[C@@H](O)CC(=O)O)cc2Cl)cccc1-c1cccc(-c2cc3c(cc2F)C(N(C)C)CC3)c1C. The second-order valence-electron chi connectivity index (χ2n) is 14.2. The number of aryl methyl sites for hydroxylation is 1. The Balaban J connectivity index is 1.24. The van der Waals surface area contributed by atoms with Gasteiger partial charge >= 0.3 is 5.97 Å². The van der Waals surface area contributed by atoms with Crippen LogP contribution in [0, 0.1) is 31.0 Å². The van der Waals surface area contributed by atoms with E-state index in [0.29, 0.717) is 38.8 Å². The predicted molar refractivity (Wildman–Crippen MR) is 211 cm³/mol. The number of nitrogens with one attached hydrogen (secondary N) is 1. The van der Waals surface area contributed by atoms with E-state index < -0.39 is 12.1 Å². The molecule has 1 aromatic heterocycles. The Hall–Kier alpha value is -5.31. The molecule has 0 saturated carbocycles. The van der Waals surface area contributed by atoms with Gasteiger partial charge in [-0.15, -0.1) is 0 Å². The molecule has 0 saturated heterocycles. The molecule has 11 heteroatoms. The van der Waals surface area contributed by atoms with Crippen molar-refractivity contribution in [2.45, 2.75) is 65.0 Å². The highest BCUT2D eigenvalue weighted by molar-refractivity contribution is 6.32. The van der Waals surface area contributed by atoms with E-state index in [1.807, 2.05) is 58.3 Å². The van der Waals surface area contributed by atoms with Gasteiger partial charge in [-0.25, -0.2) is 4.39 Å². The molecular weight excluding hydrogens is 719 g/mol. The smallest absolute Gasteiger partial charge is 0.306 e. The number of hydrogen-bond acceptors (Lipinski definition) is 8. The van der Waals surface area contributed by atoms with Crippen molar-refractivity contribution in [1.82, 2.24) is 15.2 Å². The summed E-state index contributed by atoms with van der Waals surface area (Å²) in [6.45, 7) is 4.69. The third-order valence-corrected chi connectivity index (χ3v) is 10.5. The molecule has 1 heterocycles. The number of pyridine rings is 1. The Morgan fingerprint density at radius 2 is 1.69 bits per heavy atom. The zero-order chi connectivity index (χ0) is 39.2. The van der Waals surface area contributed by atoms with Crippen molar-refractivity contribution < 1.29 is 28.9 Å². The number of hydrogen-bond donors (Lipinski definition) is 3. The van der Waals surface area contributed by atoms with E-state index in [4.69, 9.17) is 26.2 Å². The van der Waals surface area contributed by atoms with Crippen molar-refractivity contribution in [3.63, 3.8) is 0 Å². The summed E-state index contributed by atoms with van der Waals surface area (Å²) in [7, 11) is 4.08. The first-order valence-electron chi connectivity index (χ1n) is 18.1. The monoisotopic (exact) mass is 762 g/mol. The van der Waals surface area contributed by atoms with E-state index >= 15 is 4.39 Å². The van der Waals surface area contributed by atoms with Crippen molar-refractivity contribution in [3.05, 3.63) is 134 Å². The molecular formula is C44H44ClFN4O5. The number of carbonyl (C=O) groups is 1. The number of aromatic nitrogens is 1. The minimum atomic E-state index is -1.09. The minimum Gasteiger partial charge on any atom is -0.488 e. The van der Waals surface area contributed by atoms with Gasteiger partial charge in [0.1, 0.15) is 36.6 Å². The van der Waals surface area contributed by atoms with Gasteiger partial charge in [0.15, 0.2) is 0 Å². The van der Waals surface area contributed by atoms with E-state index in [-0.39, 0.29) is 44.6 Å². The van der Waals surface area contributed by atoms with E-state index in [9.17, 15) is 15.2 Å². The van der Waals surface area contributed by atoms with Gasteiger partial charge < -0.3 is 29.9 Å². The van der Waals surface area contributed by atoms with Crippen LogP contribution < -0.4 is 14.8 Å². The first kappa shape index (κ1) is 39.4. The highest BCUT2D eigenvalue weighted by Crippen LogP contribution is 2.41. The number of carboxylic acids is 1. The number of benzene rings is 4. The third-order valence-electron chi connectivity index (χ3n) is 10.2. The van der Waals surface area contributed by atoms with Crippen LogP contribution in [0.2, 0.25) is 5.02 Å². The molecule has 0 amide bonds. The first-order valence-corrected chi connectivity index (χ1v) is 18.5. The van der Waals surface area contributed by atoms with Gasteiger partial charge in [-0.2, -0.15) is 5.26 Å². The number of nitriles is 1. The molecule has 0 spiro atoms. The van der Waals surface area contributed by atoms with Crippen LogP contribution >= 0.6 is 11.6 Å². The van der Waals surface area contributed by atoms with Crippen LogP contribution in [0.15, 0.2) is 79.1 Å². The number of aliphatic hydroxyl groups is 1. The fourth-order valence-electron chi connectivity index (χ4n) is 7.25. The summed E-state index contributed by atoms with van der Waals surface area (Å²) < 4.78 is 28.3. The van der Waals surface area contributed by atoms with Crippen LogP contribution in [0.3, 0.4) is 0 Å². The number of nitrogens with zero attached hydrogens (tertiary/aromatic N) is 3. The van der Waals surface area contributed by atoms with Crippen LogP contribution in [-0.4, -0.2) is 52.8 Å². The lowest BCUT2D eigenvalue weighted by atomic mass is 9.88. The van der Waals surface area contributed by atoms with Gasteiger partial charge in [-0.05, 0) is 110 Å². The molecule has 2 atom stereocenters. The highest BCUT2D eigenvalue weighted by atomic mass is 35.5. The zero-order valence-corrected chi connectivity index (χ0v) is 32.1. The van der Waals surface area contributed by atoms with Gasteiger partial charge in [0.25, 0.3) is 0 Å². The van der Waals surface area contributed by atoms with Gasteiger partial charge in [-0.3, -0.25) is 9.78 Å². The molecule has 1 aliphatic carbocycles. The van der Waals surface area contributed by atoms with Crippen molar-refractivity contribution >= 4 is 17.6 Å². The topological polar surface area (TPSA) is 128 Å². The van der Waals surface area contributed by atoms with E-state index in [0.717, 1.165) is 51.8 Å². The number of fused-ring (bicyclic) bond motifs is 1. The van der Waals surface area contributed by atoms with Crippen molar-refractivity contribution in [1.29, 1.82) is 5.26 Å². The Morgan fingerprint density at radius 3 is 2.42 bits per heavy atom. The molecule has 55 heavy (non-hydrogen) atoms. The Kier molecular flexibility index (Phi) is 12.5. The normalized spacial score (nSPS) is 14.1. The largest absolute Gasteiger partial charge is 0.488 e. The average Bonchev–Trinajstić information content (AvgIpc) is 3.57. The van der Waals surface area contributed by atoms with Crippen LogP contribution in [0.25, 0.3) is 22.3 Å². The maximum Gasteiger partial charge on any atom is 0.306 e. The van der Waals surface area contributed by atoms with Crippen LogP contribution in [0.1, 0.15) is 63.4 Å². The summed E-state index contributed by atoms with van der Waals surface area (Å²) in [5.74, 6) is -0.459. The number of ether oxygens (including phenoxy) is 2. The van der Waals surface area contributed by atoms with Gasteiger partial charge in [0.05, 0.1) is 23.1 Å². The molecule has 1 unspecified atom stereocenters. The summed E-state index contributed by atoms with van der Waals surface area (Å²) in [4.78, 5) is 17.3. The van der Waals surface area contributed by atoms with E-state index in [2.05, 4.69) is 33.4 Å². The maximum atomic E-state index is 15.8. The van der Waals surface area contributed by atoms with Gasteiger partial charge in [-0.1, -0.05) is 48.0 Å². The number of rotatable bonds is 15. The molecule has 9 nitrogen and oxygen atoms in total. The van der Waals surface area contributed by atoms with Crippen LogP contribution in [0.5, 0.6) is 11.5 Å². The predicted octanol–water partition coefficient (Wildman–Crippen LogP) is 8.33. The molecule has 6 rings (SSSR count). The average molecular weight is 763 g/mol. The number of aliphatic hydroxyl groups excluding tert-OH is 1. The fourth-order valence-corrected chi connectivity index (χ4v) is 7.49. The number of carboxylic acid groups (broad SMARTS) is 1. The summed E-state index contributed by atoms with van der Waals surface area (Å²) in [6.07, 6.45) is 3.54. The fraction of sp³-hybridized carbons (Fsp3) is 0.295. The maximum absolute atomic E-state index is 15.8. The van der Waals surface area contributed by atoms with Crippen LogP contribution in [-0.2, 0) is 31.0 Å². The van der Waals surface area contributed by atoms with E-state index in [1.54, 1.807) is 30.5 Å². The molecule has 284 valence electrons. The van der Waals surface area contributed by atoms with Gasteiger partial charge in [0.2, 0.25) is 0 Å². The van der Waals surface area contributed by atoms with Crippen molar-refractivity contribution in [3.8, 4) is 39.8 Å². The van der Waals surface area contributed by atoms with E-state index in [1.165, 1.54) is 11.8 Å². The summed E-state index contributed by atoms with van der Waals surface area (Å²) in [5.41, 5.74) is 10.5. The Bertz CT molecular complexity index is 2260. The molecule has 3 N–H and O–H groups in total. The second-order valence-corrected chi connectivity index (χ2v) is 14.6. The molecule has 1 aliphatic rings. The highest BCUT2D eigenvalue weighted by Gasteiger charge is 2.27. The molecule has 0 fully saturated rings. The lowest BCUT2D eigenvalue weighted by Crippen LogP contribution is -2.28. The summed E-state index contributed by atoms with van der Waals surface area (Å²) >= 11 is 6.75. The standard InChI is InChI=1S/C44H44ClFN4O5/c1-26-31(7-5-8-34(26)35-9-6-10-36(27(35)2)38-14-30-11-12-41(50(3)4)37(30)17-40(38)46)25-55-43-18-42(54-24-29-13-28(19-47)20-48-21-29)32(15-39(43)45)22-49-23-33(51)16-44(52)53/h5-10,13-15,17-18,20-21,33,41,49,51H,11-12,16,22-25H2,1-4H3,(H,52,53)/t33-,41?/m0/s1. The molecule has 5 aromatic rings. The lowest BCUT2D eigenvalue weighted by Gasteiger charge is -2.21. The van der Waals surface area contributed by atoms with Gasteiger partial charge in [0, 0.05) is 54.3 Å². The quantitative estimate of drug-likeness (QED) is 0.0965. The number of aliphatic carboxylic acids is 1. The zero-order valence-electron chi connectivity index (χ0n) is 31.3. The van der Waals surface area contributed by atoms with Crippen molar-refractivity contribution in [2.24, 2.45) is 0 Å². The minimum absolute atomic E-state index is 0.0488. The molecule has 4 aromatic carbocycles. The molecule has 0 radical (unpaired) electrons. The molecule has 0 aliphatic heterocycles. The van der Waals surface area contributed by atoms with Crippen LogP contribution in [0.4, 0.5) is 4.39 Å². The van der Waals surface area contributed by atoms with Crippen molar-refractivity contribution in [2.75, 3.05) is 20.6 Å². The Labute approximate surface area is 325 Å². The third kappa shape index (κ3) is 9.15.